The normalized spacial score (nSPS) is 11.3. The third kappa shape index (κ3) is 4.80. The van der Waals surface area contributed by atoms with Crippen LogP contribution in [-0.4, -0.2) is 25.5 Å². The molecule has 0 aliphatic rings. The summed E-state index contributed by atoms with van der Waals surface area (Å²) in [5.74, 6) is -0.848. The fourth-order valence-electron chi connectivity index (χ4n) is 0.990. The van der Waals surface area contributed by atoms with Crippen LogP contribution >= 0.6 is 11.6 Å². The second kappa shape index (κ2) is 5.92. The van der Waals surface area contributed by atoms with Crippen LogP contribution in [0, 0.1) is 0 Å². The number of nitrogen functional groups attached to an aromatic ring is 1. The van der Waals surface area contributed by atoms with Gasteiger partial charge in [-0.2, -0.15) is 13.2 Å². The number of benzene rings is 1. The molecule has 0 radical (unpaired) electrons. The van der Waals surface area contributed by atoms with E-state index in [1.807, 2.05) is 0 Å². The molecule has 0 unspecified atom stereocenters. The summed E-state index contributed by atoms with van der Waals surface area (Å²) in [6.45, 7) is -2.27. The van der Waals surface area contributed by atoms with Crippen molar-refractivity contribution in [2.24, 2.45) is 0 Å². The molecule has 0 spiro atoms. The van der Waals surface area contributed by atoms with E-state index in [-0.39, 0.29) is 16.3 Å². The highest BCUT2D eigenvalue weighted by Crippen LogP contribution is 2.20. The Morgan fingerprint density at radius 1 is 1.39 bits per heavy atom. The van der Waals surface area contributed by atoms with Crippen molar-refractivity contribution in [2.45, 2.75) is 6.18 Å². The molecule has 0 amide bonds. The van der Waals surface area contributed by atoms with Crippen molar-refractivity contribution in [3.8, 4) is 0 Å². The molecule has 0 saturated heterocycles. The van der Waals surface area contributed by atoms with Crippen molar-refractivity contribution in [3.05, 3.63) is 28.8 Å². The summed E-state index contributed by atoms with van der Waals surface area (Å²) in [7, 11) is 0. The summed E-state index contributed by atoms with van der Waals surface area (Å²) < 4.78 is 43.7. The van der Waals surface area contributed by atoms with Crippen molar-refractivity contribution in [3.63, 3.8) is 0 Å². The van der Waals surface area contributed by atoms with E-state index in [2.05, 4.69) is 9.47 Å². The number of carbonyl (C=O) groups is 1. The van der Waals surface area contributed by atoms with Crippen LogP contribution in [0.5, 0.6) is 0 Å². The van der Waals surface area contributed by atoms with E-state index in [9.17, 15) is 18.0 Å². The first-order valence-electron chi connectivity index (χ1n) is 4.66. The Bertz CT molecular complexity index is 437. The van der Waals surface area contributed by atoms with E-state index in [0.29, 0.717) is 0 Å². The molecule has 1 rings (SSSR count). The molecule has 0 aliphatic heterocycles. The van der Waals surface area contributed by atoms with Gasteiger partial charge in [0.05, 0.1) is 16.3 Å². The highest BCUT2D eigenvalue weighted by Gasteiger charge is 2.27. The first kappa shape index (κ1) is 14.6. The lowest BCUT2D eigenvalue weighted by atomic mass is 10.2. The molecule has 0 saturated carbocycles. The summed E-state index contributed by atoms with van der Waals surface area (Å²) in [6, 6.07) is 3.98. The summed E-state index contributed by atoms with van der Waals surface area (Å²) >= 11 is 5.67. The minimum atomic E-state index is -4.46. The van der Waals surface area contributed by atoms with Gasteiger partial charge in [-0.25, -0.2) is 4.79 Å². The van der Waals surface area contributed by atoms with Crippen LogP contribution < -0.4 is 5.73 Å². The minimum Gasteiger partial charge on any atom is -0.435 e. The Hall–Kier alpha value is -1.47. The molecule has 2 N–H and O–H groups in total. The first-order valence-corrected chi connectivity index (χ1v) is 5.04. The maximum Gasteiger partial charge on any atom is 0.411 e. The zero-order chi connectivity index (χ0) is 13.8. The quantitative estimate of drug-likeness (QED) is 0.399. The Morgan fingerprint density at radius 2 is 2.06 bits per heavy atom. The lowest BCUT2D eigenvalue weighted by Crippen LogP contribution is -2.19. The van der Waals surface area contributed by atoms with Gasteiger partial charge in [0.25, 0.3) is 0 Å². The van der Waals surface area contributed by atoms with Crippen LogP contribution in [0.15, 0.2) is 18.2 Å². The zero-order valence-electron chi connectivity index (χ0n) is 8.96. The molecule has 0 aliphatic carbocycles. The van der Waals surface area contributed by atoms with E-state index in [1.54, 1.807) is 0 Å². The van der Waals surface area contributed by atoms with Crippen molar-refractivity contribution >= 4 is 23.3 Å². The third-order valence-electron chi connectivity index (χ3n) is 1.78. The van der Waals surface area contributed by atoms with Gasteiger partial charge in [-0.3, -0.25) is 0 Å². The van der Waals surface area contributed by atoms with E-state index >= 15 is 0 Å². The second-order valence-electron chi connectivity index (χ2n) is 3.25. The number of hydrogen-bond donors (Lipinski definition) is 1. The molecule has 0 bridgehead atoms. The molecule has 0 aromatic heterocycles. The number of hydrogen-bond acceptors (Lipinski definition) is 4. The first-order chi connectivity index (χ1) is 8.29. The van der Waals surface area contributed by atoms with Crippen LogP contribution in [0.4, 0.5) is 18.9 Å². The Morgan fingerprint density at radius 3 is 2.61 bits per heavy atom. The number of halogens is 4. The molecule has 1 aromatic rings. The Kier molecular flexibility index (Phi) is 4.80. The van der Waals surface area contributed by atoms with Crippen LogP contribution in [0.2, 0.25) is 5.02 Å². The average Bonchev–Trinajstić information content (AvgIpc) is 2.26. The maximum absolute atomic E-state index is 11.7. The smallest absolute Gasteiger partial charge is 0.411 e. The fraction of sp³-hybridized carbons (Fsp3) is 0.300. The number of nitrogens with two attached hydrogens (primary N) is 1. The fourth-order valence-corrected chi connectivity index (χ4v) is 1.17. The average molecular weight is 284 g/mol. The molecule has 0 heterocycles. The van der Waals surface area contributed by atoms with Gasteiger partial charge in [0.1, 0.15) is 6.61 Å². The van der Waals surface area contributed by atoms with Crippen LogP contribution in [0.3, 0.4) is 0 Å². The number of carbonyl (C=O) groups excluding carboxylic acids is 1. The number of ether oxygens (including phenoxy) is 2. The Labute approximate surface area is 105 Å². The van der Waals surface area contributed by atoms with Gasteiger partial charge < -0.3 is 15.2 Å². The SMILES string of the molecule is Nc1ccc(C(=O)OCOCC(F)(F)F)cc1Cl. The predicted molar refractivity (Wildman–Crippen MR) is 58.2 cm³/mol. The third-order valence-corrected chi connectivity index (χ3v) is 2.10. The van der Waals surface area contributed by atoms with Gasteiger partial charge in [-0.15, -0.1) is 0 Å². The molecular weight excluding hydrogens is 275 g/mol. The molecule has 18 heavy (non-hydrogen) atoms. The molecule has 0 atom stereocenters. The zero-order valence-corrected chi connectivity index (χ0v) is 9.72. The Balaban J connectivity index is 2.43. The second-order valence-corrected chi connectivity index (χ2v) is 3.66. The standard InChI is InChI=1S/C10H9ClF3NO3/c11-7-3-6(1-2-8(7)15)9(16)18-5-17-4-10(12,13)14/h1-3H,4-5,15H2. The van der Waals surface area contributed by atoms with Gasteiger partial charge in [0.15, 0.2) is 6.79 Å². The number of alkyl halides is 3. The van der Waals surface area contributed by atoms with E-state index in [0.717, 1.165) is 0 Å². The van der Waals surface area contributed by atoms with Crippen LogP contribution in [0.1, 0.15) is 10.4 Å². The van der Waals surface area contributed by atoms with Crippen molar-refractivity contribution < 1.29 is 27.4 Å². The molecular formula is C10H9ClF3NO3. The van der Waals surface area contributed by atoms with Crippen LogP contribution in [0.25, 0.3) is 0 Å². The van der Waals surface area contributed by atoms with Gasteiger partial charge in [0, 0.05) is 0 Å². The number of anilines is 1. The highest BCUT2D eigenvalue weighted by atomic mass is 35.5. The molecule has 4 nitrogen and oxygen atoms in total. The van der Waals surface area contributed by atoms with Gasteiger partial charge in [-0.1, -0.05) is 11.6 Å². The van der Waals surface area contributed by atoms with Gasteiger partial charge in [-0.05, 0) is 18.2 Å². The number of rotatable bonds is 4. The molecule has 0 fully saturated rings. The summed E-state index contributed by atoms with van der Waals surface area (Å²) in [6.07, 6.45) is -4.46. The maximum atomic E-state index is 11.7. The molecule has 1 aromatic carbocycles. The summed E-state index contributed by atoms with van der Waals surface area (Å²) in [4.78, 5) is 11.3. The van der Waals surface area contributed by atoms with E-state index < -0.39 is 25.5 Å². The van der Waals surface area contributed by atoms with E-state index in [4.69, 9.17) is 17.3 Å². The molecule has 8 heteroatoms. The lowest BCUT2D eigenvalue weighted by Gasteiger charge is -2.08. The number of esters is 1. The van der Waals surface area contributed by atoms with Gasteiger partial charge in [0.2, 0.25) is 0 Å². The topological polar surface area (TPSA) is 61.6 Å². The van der Waals surface area contributed by atoms with Crippen LogP contribution in [-0.2, 0) is 9.47 Å². The summed E-state index contributed by atoms with van der Waals surface area (Å²) in [5.41, 5.74) is 5.78. The van der Waals surface area contributed by atoms with Gasteiger partial charge >= 0.3 is 12.1 Å². The van der Waals surface area contributed by atoms with Crippen molar-refractivity contribution in [1.29, 1.82) is 0 Å². The van der Waals surface area contributed by atoms with E-state index in [1.165, 1.54) is 18.2 Å². The lowest BCUT2D eigenvalue weighted by molar-refractivity contribution is -0.190. The minimum absolute atomic E-state index is 0.0739. The van der Waals surface area contributed by atoms with Crippen molar-refractivity contribution in [1.82, 2.24) is 0 Å². The monoisotopic (exact) mass is 283 g/mol. The largest absolute Gasteiger partial charge is 0.435 e. The highest BCUT2D eigenvalue weighted by molar-refractivity contribution is 6.33. The predicted octanol–water partition coefficient (Wildman–Crippen LogP) is 2.62. The molecule has 100 valence electrons. The van der Waals surface area contributed by atoms with Crippen molar-refractivity contribution in [2.75, 3.05) is 19.1 Å². The summed E-state index contributed by atoms with van der Waals surface area (Å²) in [5, 5.41) is 0.153.